The molecule has 3 fully saturated rings. The summed E-state index contributed by atoms with van der Waals surface area (Å²) in [6, 6.07) is 0.294. The third-order valence-corrected chi connectivity index (χ3v) is 6.58. The monoisotopic (exact) mass is 425 g/mol. The lowest BCUT2D eigenvalue weighted by atomic mass is 9.82. The lowest BCUT2D eigenvalue weighted by Crippen LogP contribution is -2.52. The van der Waals surface area contributed by atoms with E-state index in [1.54, 1.807) is 7.11 Å². The van der Waals surface area contributed by atoms with Crippen molar-refractivity contribution in [3.05, 3.63) is 0 Å². The second-order valence-corrected chi connectivity index (χ2v) is 10.2. The number of hydrogen-bond acceptors (Lipinski definition) is 5. The number of guanidine groups is 1. The normalized spacial score (nSPS) is 35.8. The number of ether oxygens (including phenoxy) is 1. The summed E-state index contributed by atoms with van der Waals surface area (Å²) in [5.74, 6) is 1.04. The lowest BCUT2D eigenvalue weighted by molar-refractivity contribution is -0.125. The quantitative estimate of drug-likeness (QED) is 0.411. The van der Waals surface area contributed by atoms with Gasteiger partial charge in [-0.1, -0.05) is 0 Å². The molecule has 0 bridgehead atoms. The fourth-order valence-electron chi connectivity index (χ4n) is 4.82. The van der Waals surface area contributed by atoms with Crippen molar-refractivity contribution in [3.63, 3.8) is 0 Å². The van der Waals surface area contributed by atoms with Crippen LogP contribution in [0.15, 0.2) is 4.99 Å². The molecular weight excluding hydrogens is 385 g/mol. The molecule has 4 N–H and O–H groups in total. The van der Waals surface area contributed by atoms with E-state index in [0.717, 1.165) is 44.9 Å². The van der Waals surface area contributed by atoms with E-state index in [2.05, 4.69) is 42.3 Å². The molecule has 2 saturated carbocycles. The van der Waals surface area contributed by atoms with Crippen LogP contribution in [0.2, 0.25) is 0 Å². The van der Waals surface area contributed by atoms with Gasteiger partial charge in [0.1, 0.15) is 12.3 Å². The molecule has 2 atom stereocenters. The third-order valence-electron chi connectivity index (χ3n) is 6.58. The Morgan fingerprint density at radius 3 is 2.30 bits per heavy atom. The van der Waals surface area contributed by atoms with Gasteiger partial charge in [-0.3, -0.25) is 15.5 Å². The van der Waals surface area contributed by atoms with Crippen LogP contribution in [0.1, 0.15) is 78.6 Å². The summed E-state index contributed by atoms with van der Waals surface area (Å²) in [5.41, 5.74) is 6.39. The second-order valence-electron chi connectivity index (χ2n) is 10.2. The zero-order valence-electron chi connectivity index (χ0n) is 19.0. The lowest BCUT2D eigenvalue weighted by Gasteiger charge is -2.29. The number of nitrogens with one attached hydrogen (secondary N) is 4. The van der Waals surface area contributed by atoms with E-state index in [4.69, 9.17) is 9.73 Å². The van der Waals surface area contributed by atoms with Gasteiger partial charge in [0, 0.05) is 31.0 Å². The molecule has 2 unspecified atom stereocenters. The number of aliphatic imine (C=N–C) groups is 1. The van der Waals surface area contributed by atoms with E-state index in [1.807, 2.05) is 0 Å². The van der Waals surface area contributed by atoms with Gasteiger partial charge >= 0.3 is 0 Å². The zero-order valence-corrected chi connectivity index (χ0v) is 19.0. The molecular formula is C22H40FN5O2. The van der Waals surface area contributed by atoms with Gasteiger partial charge in [0.05, 0.1) is 6.10 Å². The summed E-state index contributed by atoms with van der Waals surface area (Å²) in [7, 11) is 1.74. The second kappa shape index (κ2) is 10.4. The highest BCUT2D eigenvalue weighted by atomic mass is 19.1. The summed E-state index contributed by atoms with van der Waals surface area (Å²) in [6.07, 6.45) is 7.05. The average molecular weight is 426 g/mol. The number of hydrazine groups is 1. The summed E-state index contributed by atoms with van der Waals surface area (Å²) < 4.78 is 18.9. The van der Waals surface area contributed by atoms with E-state index >= 15 is 0 Å². The molecule has 1 aliphatic heterocycles. The maximum Gasteiger partial charge on any atom is 0.229 e. The predicted octanol–water partition coefficient (Wildman–Crippen LogP) is 2.77. The maximum absolute atomic E-state index is 13.5. The first-order valence-corrected chi connectivity index (χ1v) is 11.6. The maximum atomic E-state index is 13.5. The number of carbonyl (C=O) groups is 1. The number of halogens is 1. The van der Waals surface area contributed by atoms with Crippen LogP contribution in [0.3, 0.4) is 0 Å². The van der Waals surface area contributed by atoms with Crippen molar-refractivity contribution in [1.29, 1.82) is 0 Å². The molecule has 1 heterocycles. The van der Waals surface area contributed by atoms with Gasteiger partial charge in [-0.05, 0) is 78.1 Å². The molecule has 0 aromatic heterocycles. The fraction of sp³-hybridized carbons (Fsp3) is 0.909. The van der Waals surface area contributed by atoms with Gasteiger partial charge in [-0.2, -0.15) is 0 Å². The topological polar surface area (TPSA) is 86.8 Å². The smallest absolute Gasteiger partial charge is 0.229 e. The van der Waals surface area contributed by atoms with E-state index in [9.17, 15) is 9.18 Å². The van der Waals surface area contributed by atoms with Gasteiger partial charge in [0.15, 0.2) is 5.96 Å². The highest BCUT2D eigenvalue weighted by molar-refractivity contribution is 5.98. The van der Waals surface area contributed by atoms with Crippen LogP contribution in [-0.2, 0) is 9.53 Å². The van der Waals surface area contributed by atoms with Crippen LogP contribution in [0.5, 0.6) is 0 Å². The Balaban J connectivity index is 1.58. The number of amides is 1. The van der Waals surface area contributed by atoms with Gasteiger partial charge < -0.3 is 10.1 Å². The van der Waals surface area contributed by atoms with Crippen molar-refractivity contribution >= 4 is 11.9 Å². The summed E-state index contributed by atoms with van der Waals surface area (Å²) in [4.78, 5) is 17.6. The van der Waals surface area contributed by atoms with Crippen LogP contribution in [-0.4, -0.2) is 49.0 Å². The first kappa shape index (κ1) is 23.4. The van der Waals surface area contributed by atoms with E-state index < -0.39 is 6.17 Å². The number of methoxy groups -OCH3 is 1. The van der Waals surface area contributed by atoms with Crippen LogP contribution >= 0.6 is 0 Å². The molecule has 8 heteroatoms. The molecule has 0 spiro atoms. The molecule has 0 radical (unpaired) electrons. The Bertz CT molecular complexity index is 593. The Hall–Kier alpha value is -1.25. The average Bonchev–Trinajstić information content (AvgIpc) is 3.15. The van der Waals surface area contributed by atoms with Crippen LogP contribution in [0, 0.1) is 11.8 Å². The largest absolute Gasteiger partial charge is 0.381 e. The molecule has 0 aromatic rings. The van der Waals surface area contributed by atoms with Crippen LogP contribution in [0.4, 0.5) is 4.39 Å². The zero-order chi connectivity index (χ0) is 21.7. The minimum Gasteiger partial charge on any atom is -0.381 e. The standard InChI is InChI=1S/C22H40FN5O2/c1-22(2,3)26-21(25-20(29)15-7-11-17(30-4)12-8-15)24-19-13-18(27-28-19)14-5-9-16(23)10-6-14/h14-19,27-28H,5-13H2,1-4H3,(H2,24,25,26,29). The first-order chi connectivity index (χ1) is 14.2. The molecule has 2 aliphatic carbocycles. The number of hydrogen-bond donors (Lipinski definition) is 4. The summed E-state index contributed by atoms with van der Waals surface area (Å²) in [5, 5.41) is 6.39. The van der Waals surface area contributed by atoms with E-state index in [0.29, 0.717) is 30.8 Å². The van der Waals surface area contributed by atoms with Gasteiger partial charge in [0.25, 0.3) is 0 Å². The van der Waals surface area contributed by atoms with E-state index in [1.165, 1.54) is 0 Å². The number of rotatable bonds is 4. The molecule has 0 aromatic carbocycles. The predicted molar refractivity (Wildman–Crippen MR) is 117 cm³/mol. The third kappa shape index (κ3) is 6.89. The molecule has 1 saturated heterocycles. The van der Waals surface area contributed by atoms with Crippen molar-refractivity contribution in [3.8, 4) is 0 Å². The molecule has 172 valence electrons. The van der Waals surface area contributed by atoms with Crippen molar-refractivity contribution < 1.29 is 13.9 Å². The van der Waals surface area contributed by atoms with Crippen molar-refractivity contribution in [2.24, 2.45) is 16.8 Å². The summed E-state index contributed by atoms with van der Waals surface area (Å²) in [6.45, 7) is 6.16. The highest BCUT2D eigenvalue weighted by Gasteiger charge is 2.34. The number of carbonyl (C=O) groups excluding carboxylic acids is 1. The molecule has 3 aliphatic rings. The first-order valence-electron chi connectivity index (χ1n) is 11.6. The van der Waals surface area contributed by atoms with Gasteiger partial charge in [-0.25, -0.2) is 14.8 Å². The summed E-state index contributed by atoms with van der Waals surface area (Å²) >= 11 is 0. The van der Waals surface area contributed by atoms with Crippen molar-refractivity contribution in [2.75, 3.05) is 7.11 Å². The van der Waals surface area contributed by atoms with Crippen molar-refractivity contribution in [2.45, 2.75) is 109 Å². The molecule has 30 heavy (non-hydrogen) atoms. The molecule has 7 nitrogen and oxygen atoms in total. The molecule has 3 rings (SSSR count). The Morgan fingerprint density at radius 2 is 1.70 bits per heavy atom. The minimum absolute atomic E-state index is 0.00154. The van der Waals surface area contributed by atoms with Crippen molar-refractivity contribution in [1.82, 2.24) is 21.5 Å². The molecule has 1 amide bonds. The Morgan fingerprint density at radius 1 is 1.03 bits per heavy atom. The van der Waals surface area contributed by atoms with Gasteiger partial charge in [-0.15, -0.1) is 0 Å². The van der Waals surface area contributed by atoms with Crippen LogP contribution < -0.4 is 21.5 Å². The minimum atomic E-state index is -0.638. The van der Waals surface area contributed by atoms with Crippen LogP contribution in [0.25, 0.3) is 0 Å². The highest BCUT2D eigenvalue weighted by Crippen LogP contribution is 2.31. The SMILES string of the molecule is COC1CCC(C(=O)N/C(=N/C2CC(C3CCC(F)CC3)NN2)NC(C)(C)C)CC1. The fourth-order valence-corrected chi connectivity index (χ4v) is 4.82. The number of nitrogens with zero attached hydrogens (tertiary/aromatic N) is 1. The Kier molecular flexibility index (Phi) is 8.10. The van der Waals surface area contributed by atoms with E-state index in [-0.39, 0.29) is 29.6 Å². The van der Waals surface area contributed by atoms with Gasteiger partial charge in [0.2, 0.25) is 5.91 Å². The number of alkyl halides is 1. The Labute approximate surface area is 180 Å².